The number of tetrazole rings is 1. The lowest BCUT2D eigenvalue weighted by Crippen LogP contribution is -2.24. The molecule has 0 aliphatic rings. The van der Waals surface area contributed by atoms with Crippen molar-refractivity contribution in [3.8, 4) is 5.00 Å². The van der Waals surface area contributed by atoms with E-state index in [1.54, 1.807) is 11.3 Å². The number of aromatic nitrogens is 5. The third-order valence-corrected chi connectivity index (χ3v) is 4.53. The van der Waals surface area contributed by atoms with Crippen LogP contribution in [0.15, 0.2) is 27.7 Å². The van der Waals surface area contributed by atoms with Crippen molar-refractivity contribution in [3.63, 3.8) is 0 Å². The van der Waals surface area contributed by atoms with Crippen LogP contribution < -0.4 is 5.69 Å². The summed E-state index contributed by atoms with van der Waals surface area (Å²) in [6.07, 6.45) is 2.04. The van der Waals surface area contributed by atoms with Crippen LogP contribution in [-0.2, 0) is 13.0 Å². The standard InChI is InChI=1S/C12H13N5OS2/c1-2-4-10-13-9(8-20-10)7-16-12(18)17(15-14-16)11-5-3-6-19-11/h3,5-6,8H,2,4,7H2,1H3. The van der Waals surface area contributed by atoms with E-state index in [1.807, 2.05) is 22.9 Å². The Labute approximate surface area is 123 Å². The molecule has 0 atom stereocenters. The van der Waals surface area contributed by atoms with Gasteiger partial charge in [0.05, 0.1) is 17.2 Å². The summed E-state index contributed by atoms with van der Waals surface area (Å²) < 4.78 is 2.65. The second kappa shape index (κ2) is 5.68. The Morgan fingerprint density at radius 2 is 2.20 bits per heavy atom. The summed E-state index contributed by atoms with van der Waals surface area (Å²) in [6, 6.07) is 3.72. The minimum atomic E-state index is -0.238. The second-order valence-corrected chi connectivity index (χ2v) is 6.13. The predicted molar refractivity (Wildman–Crippen MR) is 78.7 cm³/mol. The maximum Gasteiger partial charge on any atom is 0.369 e. The van der Waals surface area contributed by atoms with Gasteiger partial charge >= 0.3 is 5.69 Å². The lowest BCUT2D eigenvalue weighted by Gasteiger charge is -1.94. The average molecular weight is 307 g/mol. The van der Waals surface area contributed by atoms with Crippen LogP contribution in [0.5, 0.6) is 0 Å². The van der Waals surface area contributed by atoms with Gasteiger partial charge in [-0.3, -0.25) is 0 Å². The highest BCUT2D eigenvalue weighted by Crippen LogP contribution is 2.13. The van der Waals surface area contributed by atoms with E-state index in [-0.39, 0.29) is 5.69 Å². The summed E-state index contributed by atoms with van der Waals surface area (Å²) in [5.41, 5.74) is 0.622. The number of thiazole rings is 1. The first-order valence-corrected chi connectivity index (χ1v) is 8.04. The molecule has 0 unspecified atom stereocenters. The van der Waals surface area contributed by atoms with Crippen LogP contribution in [0.1, 0.15) is 24.0 Å². The molecule has 3 rings (SSSR count). The number of aryl methyl sites for hydroxylation is 1. The summed E-state index contributed by atoms with van der Waals surface area (Å²) in [4.78, 5) is 16.7. The molecule has 0 saturated heterocycles. The van der Waals surface area contributed by atoms with Gasteiger partial charge in [-0.2, -0.15) is 9.36 Å². The van der Waals surface area contributed by atoms with Gasteiger partial charge in [-0.05, 0) is 40.8 Å². The molecule has 0 fully saturated rings. The van der Waals surface area contributed by atoms with Crippen LogP contribution in [-0.4, -0.2) is 24.8 Å². The van der Waals surface area contributed by atoms with E-state index in [2.05, 4.69) is 22.3 Å². The number of hydrogen-bond donors (Lipinski definition) is 0. The molecular formula is C12H13N5OS2. The highest BCUT2D eigenvalue weighted by molar-refractivity contribution is 7.12. The van der Waals surface area contributed by atoms with Crippen LogP contribution >= 0.6 is 22.7 Å². The summed E-state index contributed by atoms with van der Waals surface area (Å²) in [7, 11) is 0. The number of hydrogen-bond acceptors (Lipinski definition) is 6. The van der Waals surface area contributed by atoms with E-state index in [9.17, 15) is 4.79 Å². The van der Waals surface area contributed by atoms with E-state index in [0.29, 0.717) is 6.54 Å². The number of rotatable bonds is 5. The molecule has 8 heteroatoms. The fraction of sp³-hybridized carbons (Fsp3) is 0.333. The van der Waals surface area contributed by atoms with Gasteiger partial charge in [-0.25, -0.2) is 9.78 Å². The minimum absolute atomic E-state index is 0.238. The first-order valence-electron chi connectivity index (χ1n) is 6.28. The molecule has 0 radical (unpaired) electrons. The molecule has 0 aromatic carbocycles. The Kier molecular flexibility index (Phi) is 3.75. The van der Waals surface area contributed by atoms with E-state index in [4.69, 9.17) is 0 Å². The van der Waals surface area contributed by atoms with Gasteiger partial charge < -0.3 is 0 Å². The molecule has 0 saturated carbocycles. The van der Waals surface area contributed by atoms with E-state index >= 15 is 0 Å². The van der Waals surface area contributed by atoms with Crippen LogP contribution in [0, 0.1) is 0 Å². The molecule has 0 aliphatic carbocycles. The third kappa shape index (κ3) is 2.56. The summed E-state index contributed by atoms with van der Waals surface area (Å²) in [5.74, 6) is 0. The lowest BCUT2D eigenvalue weighted by molar-refractivity contribution is 0.622. The zero-order valence-corrected chi connectivity index (χ0v) is 12.5. The van der Waals surface area contributed by atoms with Crippen molar-refractivity contribution >= 4 is 22.7 Å². The van der Waals surface area contributed by atoms with E-state index < -0.39 is 0 Å². The van der Waals surface area contributed by atoms with E-state index in [0.717, 1.165) is 28.5 Å². The minimum Gasteiger partial charge on any atom is -0.244 e. The second-order valence-electron chi connectivity index (χ2n) is 4.26. The monoisotopic (exact) mass is 307 g/mol. The maximum atomic E-state index is 12.2. The van der Waals surface area contributed by atoms with Crippen molar-refractivity contribution < 1.29 is 0 Å². The van der Waals surface area contributed by atoms with Gasteiger partial charge in [0.2, 0.25) is 0 Å². The molecule has 0 spiro atoms. The molecule has 0 aliphatic heterocycles. The number of nitrogens with zero attached hydrogens (tertiary/aromatic N) is 5. The summed E-state index contributed by atoms with van der Waals surface area (Å²) in [5, 5.41) is 13.6. The first kappa shape index (κ1) is 13.2. The van der Waals surface area contributed by atoms with Crippen LogP contribution in [0.3, 0.4) is 0 Å². The Hall–Kier alpha value is -1.80. The fourth-order valence-corrected chi connectivity index (χ4v) is 3.37. The highest BCUT2D eigenvalue weighted by Gasteiger charge is 2.11. The number of thiophene rings is 1. The van der Waals surface area contributed by atoms with Crippen molar-refractivity contribution in [2.75, 3.05) is 0 Å². The lowest BCUT2D eigenvalue weighted by atomic mass is 10.3. The average Bonchev–Trinajstić information content (AvgIpc) is 3.14. The van der Waals surface area contributed by atoms with Gasteiger partial charge in [0.15, 0.2) is 0 Å². The molecular weight excluding hydrogens is 294 g/mol. The fourth-order valence-electron chi connectivity index (χ4n) is 1.81. The topological polar surface area (TPSA) is 65.6 Å². The van der Waals surface area contributed by atoms with Crippen molar-refractivity contribution in [2.45, 2.75) is 26.3 Å². The van der Waals surface area contributed by atoms with Crippen molar-refractivity contribution in [2.24, 2.45) is 0 Å². The van der Waals surface area contributed by atoms with Gasteiger partial charge in [0.1, 0.15) is 5.00 Å². The molecule has 0 N–H and O–H groups in total. The van der Waals surface area contributed by atoms with Gasteiger partial charge in [0.25, 0.3) is 0 Å². The predicted octanol–water partition coefficient (Wildman–Crippen LogP) is 1.95. The van der Waals surface area contributed by atoms with Gasteiger partial charge in [-0.15, -0.1) is 22.7 Å². The molecule has 3 heterocycles. The molecule has 20 heavy (non-hydrogen) atoms. The Bertz CT molecular complexity index is 740. The molecule has 3 aromatic rings. The zero-order chi connectivity index (χ0) is 13.9. The SMILES string of the molecule is CCCc1nc(Cn2nnn(-c3cccs3)c2=O)cs1. The molecule has 0 amide bonds. The van der Waals surface area contributed by atoms with Crippen LogP contribution in [0.2, 0.25) is 0 Å². The third-order valence-electron chi connectivity index (χ3n) is 2.73. The molecule has 104 valence electrons. The normalized spacial score (nSPS) is 11.1. The molecule has 0 bridgehead atoms. The summed E-state index contributed by atoms with van der Waals surface area (Å²) in [6.45, 7) is 2.49. The van der Waals surface area contributed by atoms with Crippen LogP contribution in [0.4, 0.5) is 0 Å². The summed E-state index contributed by atoms with van der Waals surface area (Å²) >= 11 is 3.08. The Morgan fingerprint density at radius 1 is 1.30 bits per heavy atom. The first-order chi connectivity index (χ1) is 9.78. The van der Waals surface area contributed by atoms with Gasteiger partial charge in [0, 0.05) is 5.38 Å². The molecule has 6 nitrogen and oxygen atoms in total. The maximum absolute atomic E-state index is 12.2. The van der Waals surface area contributed by atoms with Crippen molar-refractivity contribution in [3.05, 3.63) is 44.1 Å². The largest absolute Gasteiger partial charge is 0.369 e. The molecule has 3 aromatic heterocycles. The van der Waals surface area contributed by atoms with Crippen molar-refractivity contribution in [1.82, 2.24) is 24.8 Å². The zero-order valence-electron chi connectivity index (χ0n) is 10.9. The van der Waals surface area contributed by atoms with E-state index in [1.165, 1.54) is 20.7 Å². The Balaban J connectivity index is 1.83. The van der Waals surface area contributed by atoms with Crippen molar-refractivity contribution in [1.29, 1.82) is 0 Å². The van der Waals surface area contributed by atoms with Crippen LogP contribution in [0.25, 0.3) is 5.00 Å². The van der Waals surface area contributed by atoms with Gasteiger partial charge in [-0.1, -0.05) is 6.92 Å². The quantitative estimate of drug-likeness (QED) is 0.722. The Morgan fingerprint density at radius 3 is 2.95 bits per heavy atom. The highest BCUT2D eigenvalue weighted by atomic mass is 32.1. The smallest absolute Gasteiger partial charge is 0.244 e.